The van der Waals surface area contributed by atoms with Crippen LogP contribution in [0.25, 0.3) is 5.69 Å². The number of carbonyl (C=O) groups is 1. The van der Waals surface area contributed by atoms with E-state index in [1.165, 1.54) is 11.8 Å². The number of hydrogen-bond donors (Lipinski definition) is 1. The quantitative estimate of drug-likeness (QED) is 0.625. The van der Waals surface area contributed by atoms with Crippen LogP contribution in [0.2, 0.25) is 0 Å². The fraction of sp³-hybridized carbons (Fsp3) is 0.250. The van der Waals surface area contributed by atoms with Crippen LogP contribution in [0.4, 0.5) is 5.69 Å². The van der Waals surface area contributed by atoms with Gasteiger partial charge < -0.3 is 10.1 Å². The van der Waals surface area contributed by atoms with Crippen molar-refractivity contribution in [3.8, 4) is 11.4 Å². The third-order valence-corrected chi connectivity index (χ3v) is 4.80. The second kappa shape index (κ2) is 8.73. The Labute approximate surface area is 163 Å². The number of aromatic nitrogens is 3. The maximum atomic E-state index is 12.2. The molecule has 7 heteroatoms. The molecule has 1 amide bonds. The topological polar surface area (TPSA) is 69.0 Å². The molecule has 0 bridgehead atoms. The lowest BCUT2D eigenvalue weighted by Gasteiger charge is -2.10. The molecule has 0 atom stereocenters. The molecule has 2 aromatic carbocycles. The van der Waals surface area contributed by atoms with Crippen LogP contribution in [-0.2, 0) is 4.79 Å². The number of nitrogens with one attached hydrogen (secondary N) is 1. The Balaban J connectivity index is 1.67. The van der Waals surface area contributed by atoms with Crippen LogP contribution < -0.4 is 10.1 Å². The standard InChI is InChI=1S/C20H22N4O2S/c1-4-26-18-11-9-17(10-12-18)24-15(3)22-23-20(24)27-13-19(25)21-16-7-5-14(2)6-8-16/h5-12H,4,13H2,1-3H3,(H,21,25). The van der Waals surface area contributed by atoms with Crippen LogP contribution in [0.15, 0.2) is 53.7 Å². The summed E-state index contributed by atoms with van der Waals surface area (Å²) in [4.78, 5) is 12.2. The molecule has 6 nitrogen and oxygen atoms in total. The fourth-order valence-electron chi connectivity index (χ4n) is 2.56. The number of benzene rings is 2. The van der Waals surface area contributed by atoms with E-state index >= 15 is 0 Å². The van der Waals surface area contributed by atoms with Gasteiger partial charge >= 0.3 is 0 Å². The fourth-order valence-corrected chi connectivity index (χ4v) is 3.35. The average Bonchev–Trinajstić information content (AvgIpc) is 3.03. The molecule has 0 fully saturated rings. The van der Waals surface area contributed by atoms with Gasteiger partial charge in [0.2, 0.25) is 5.91 Å². The summed E-state index contributed by atoms with van der Waals surface area (Å²) >= 11 is 1.35. The van der Waals surface area contributed by atoms with Crippen LogP contribution in [0, 0.1) is 13.8 Å². The van der Waals surface area contributed by atoms with Crippen LogP contribution in [0.1, 0.15) is 18.3 Å². The van der Waals surface area contributed by atoms with E-state index in [9.17, 15) is 4.79 Å². The number of hydrogen-bond acceptors (Lipinski definition) is 5. The van der Waals surface area contributed by atoms with Gasteiger partial charge in [-0.25, -0.2) is 0 Å². The summed E-state index contributed by atoms with van der Waals surface area (Å²) in [5.74, 6) is 1.75. The highest BCUT2D eigenvalue weighted by atomic mass is 32.2. The Bertz CT molecular complexity index is 905. The average molecular weight is 382 g/mol. The number of amides is 1. The predicted molar refractivity (Wildman–Crippen MR) is 108 cm³/mol. The molecule has 0 spiro atoms. The summed E-state index contributed by atoms with van der Waals surface area (Å²) < 4.78 is 7.41. The third-order valence-electron chi connectivity index (χ3n) is 3.87. The molecule has 0 aliphatic heterocycles. The minimum Gasteiger partial charge on any atom is -0.494 e. The third kappa shape index (κ3) is 4.89. The summed E-state index contributed by atoms with van der Waals surface area (Å²) in [5.41, 5.74) is 2.87. The molecule has 1 aromatic heterocycles. The van der Waals surface area contributed by atoms with Crippen molar-refractivity contribution >= 4 is 23.4 Å². The van der Waals surface area contributed by atoms with Gasteiger partial charge in [-0.1, -0.05) is 29.5 Å². The summed E-state index contributed by atoms with van der Waals surface area (Å²) in [5, 5.41) is 11.9. The maximum absolute atomic E-state index is 12.2. The predicted octanol–water partition coefficient (Wildman–Crippen LogP) is 4.01. The minimum atomic E-state index is -0.0808. The molecule has 0 aliphatic carbocycles. The lowest BCUT2D eigenvalue weighted by Crippen LogP contribution is -2.14. The van der Waals surface area contributed by atoms with Gasteiger partial charge in [-0.15, -0.1) is 10.2 Å². The zero-order valence-corrected chi connectivity index (χ0v) is 16.4. The van der Waals surface area contributed by atoms with Crippen LogP contribution >= 0.6 is 11.8 Å². The number of anilines is 1. The molecular formula is C20H22N4O2S. The largest absolute Gasteiger partial charge is 0.494 e. The first-order chi connectivity index (χ1) is 13.1. The molecule has 1 heterocycles. The van der Waals surface area contributed by atoms with Gasteiger partial charge in [0.1, 0.15) is 11.6 Å². The van der Waals surface area contributed by atoms with Crippen LogP contribution in [0.5, 0.6) is 5.75 Å². The maximum Gasteiger partial charge on any atom is 0.234 e. The Morgan fingerprint density at radius 1 is 1.07 bits per heavy atom. The van der Waals surface area contributed by atoms with E-state index in [2.05, 4.69) is 15.5 Å². The number of nitrogens with zero attached hydrogens (tertiary/aromatic N) is 3. The summed E-state index contributed by atoms with van der Waals surface area (Å²) in [6, 6.07) is 15.5. The Kier molecular flexibility index (Phi) is 6.13. The first kappa shape index (κ1) is 19.0. The Morgan fingerprint density at radius 2 is 1.78 bits per heavy atom. The van der Waals surface area contributed by atoms with Crippen molar-refractivity contribution in [2.24, 2.45) is 0 Å². The monoisotopic (exact) mass is 382 g/mol. The molecule has 0 radical (unpaired) electrons. The number of ether oxygens (including phenoxy) is 1. The minimum absolute atomic E-state index is 0.0808. The van der Waals surface area contributed by atoms with Gasteiger partial charge in [-0.3, -0.25) is 9.36 Å². The van der Waals surface area contributed by atoms with Gasteiger partial charge in [0.25, 0.3) is 0 Å². The first-order valence-corrected chi connectivity index (χ1v) is 9.70. The summed E-state index contributed by atoms with van der Waals surface area (Å²) in [6.45, 7) is 6.48. The molecule has 0 saturated heterocycles. The van der Waals surface area contributed by atoms with Crippen molar-refractivity contribution < 1.29 is 9.53 Å². The smallest absolute Gasteiger partial charge is 0.234 e. The highest BCUT2D eigenvalue weighted by Gasteiger charge is 2.13. The van der Waals surface area contributed by atoms with Crippen LogP contribution in [-0.4, -0.2) is 33.0 Å². The van der Waals surface area contributed by atoms with E-state index in [0.29, 0.717) is 11.8 Å². The number of rotatable bonds is 7. The van der Waals surface area contributed by atoms with Crippen molar-refractivity contribution in [1.29, 1.82) is 0 Å². The van der Waals surface area contributed by atoms with Gasteiger partial charge in [0.05, 0.1) is 12.4 Å². The molecule has 0 saturated carbocycles. The SMILES string of the molecule is CCOc1ccc(-n2c(C)nnc2SCC(=O)Nc2ccc(C)cc2)cc1. The molecule has 0 aliphatic rings. The Morgan fingerprint density at radius 3 is 2.44 bits per heavy atom. The molecule has 140 valence electrons. The van der Waals surface area contributed by atoms with Gasteiger partial charge in [0.15, 0.2) is 5.16 Å². The molecule has 3 rings (SSSR count). The lowest BCUT2D eigenvalue weighted by atomic mass is 10.2. The number of aryl methyl sites for hydroxylation is 2. The zero-order valence-electron chi connectivity index (χ0n) is 15.6. The zero-order chi connectivity index (χ0) is 19.2. The van der Waals surface area contributed by atoms with Crippen molar-refractivity contribution in [3.05, 3.63) is 59.9 Å². The van der Waals surface area contributed by atoms with Crippen molar-refractivity contribution in [2.45, 2.75) is 25.9 Å². The Hall–Kier alpha value is -2.80. The molecule has 27 heavy (non-hydrogen) atoms. The first-order valence-electron chi connectivity index (χ1n) is 8.71. The number of thioether (sulfide) groups is 1. The highest BCUT2D eigenvalue weighted by molar-refractivity contribution is 7.99. The van der Waals surface area contributed by atoms with E-state index in [1.54, 1.807) is 0 Å². The van der Waals surface area contributed by atoms with Gasteiger partial charge in [0, 0.05) is 11.4 Å². The lowest BCUT2D eigenvalue weighted by molar-refractivity contribution is -0.113. The van der Waals surface area contributed by atoms with Gasteiger partial charge in [-0.2, -0.15) is 0 Å². The number of carbonyl (C=O) groups excluding carboxylic acids is 1. The van der Waals surface area contributed by atoms with Gasteiger partial charge in [-0.05, 0) is 57.2 Å². The molecule has 1 N–H and O–H groups in total. The molecular weight excluding hydrogens is 360 g/mol. The van der Waals surface area contributed by atoms with E-state index in [-0.39, 0.29) is 11.7 Å². The van der Waals surface area contributed by atoms with Crippen molar-refractivity contribution in [3.63, 3.8) is 0 Å². The van der Waals surface area contributed by atoms with E-state index in [4.69, 9.17) is 4.74 Å². The highest BCUT2D eigenvalue weighted by Crippen LogP contribution is 2.23. The van der Waals surface area contributed by atoms with E-state index < -0.39 is 0 Å². The summed E-state index contributed by atoms with van der Waals surface area (Å²) in [7, 11) is 0. The van der Waals surface area contributed by atoms with Crippen molar-refractivity contribution in [1.82, 2.24) is 14.8 Å². The molecule has 3 aromatic rings. The van der Waals surface area contributed by atoms with Crippen LogP contribution in [0.3, 0.4) is 0 Å². The summed E-state index contributed by atoms with van der Waals surface area (Å²) in [6.07, 6.45) is 0. The second-order valence-corrected chi connectivity index (χ2v) is 6.94. The normalized spacial score (nSPS) is 10.6. The second-order valence-electron chi connectivity index (χ2n) is 5.99. The van der Waals surface area contributed by atoms with Crippen molar-refractivity contribution in [2.75, 3.05) is 17.7 Å². The van der Waals surface area contributed by atoms with E-state index in [1.807, 2.05) is 73.9 Å². The van der Waals surface area contributed by atoms with E-state index in [0.717, 1.165) is 28.5 Å². The molecule has 0 unspecified atom stereocenters.